The number of benzene rings is 1. The lowest BCUT2D eigenvalue weighted by molar-refractivity contribution is -0.129. The van der Waals surface area contributed by atoms with Crippen molar-refractivity contribution >= 4 is 46.5 Å². The van der Waals surface area contributed by atoms with Gasteiger partial charge in [-0.1, -0.05) is 36.0 Å². The topological polar surface area (TPSA) is 78.5 Å². The zero-order chi connectivity index (χ0) is 21.4. The summed E-state index contributed by atoms with van der Waals surface area (Å²) in [6, 6.07) is 3.95. The van der Waals surface area contributed by atoms with E-state index in [0.29, 0.717) is 28.6 Å². The molecule has 0 bridgehead atoms. The summed E-state index contributed by atoms with van der Waals surface area (Å²) in [6.45, 7) is 2.45. The summed E-state index contributed by atoms with van der Waals surface area (Å²) in [7, 11) is 1.92. The number of likely N-dealkylation sites (tertiary alicyclic amines) is 1. The molecule has 1 fully saturated rings. The lowest BCUT2D eigenvalue weighted by Gasteiger charge is -2.23. The maximum absolute atomic E-state index is 12.9. The van der Waals surface area contributed by atoms with Crippen molar-refractivity contribution in [3.8, 4) is 0 Å². The number of rotatable bonds is 10. The average molecular weight is 442 g/mol. The SMILES string of the molecule is CC(=O)CCCCC[C@H](NC(=O)[C@@H]1CCCN1C)C(=O)Nc1cc(Cl)cc(Cl)c1. The number of carbonyl (C=O) groups is 3. The number of ketones is 1. The Bertz CT molecular complexity index is 722. The van der Waals surface area contributed by atoms with Crippen molar-refractivity contribution in [1.82, 2.24) is 10.2 Å². The van der Waals surface area contributed by atoms with E-state index in [1.54, 1.807) is 25.1 Å². The summed E-state index contributed by atoms with van der Waals surface area (Å²) in [5.41, 5.74) is 0.487. The van der Waals surface area contributed by atoms with Crippen LogP contribution in [0.2, 0.25) is 10.0 Å². The van der Waals surface area contributed by atoms with Crippen LogP contribution >= 0.6 is 23.2 Å². The van der Waals surface area contributed by atoms with Crippen LogP contribution < -0.4 is 10.6 Å². The van der Waals surface area contributed by atoms with E-state index in [1.165, 1.54) is 0 Å². The predicted molar refractivity (Wildman–Crippen MR) is 116 cm³/mol. The Hall–Kier alpha value is -1.63. The molecule has 1 aromatic carbocycles. The third kappa shape index (κ3) is 7.96. The fourth-order valence-corrected chi connectivity index (χ4v) is 4.06. The second-order valence-electron chi connectivity index (χ2n) is 7.65. The molecule has 1 saturated heterocycles. The first-order valence-corrected chi connectivity index (χ1v) is 10.8. The number of nitrogens with one attached hydrogen (secondary N) is 2. The number of carbonyl (C=O) groups excluding carboxylic acids is 3. The number of nitrogens with zero attached hydrogens (tertiary/aromatic N) is 1. The van der Waals surface area contributed by atoms with Crippen molar-refractivity contribution in [1.29, 1.82) is 0 Å². The van der Waals surface area contributed by atoms with Crippen LogP contribution in [-0.4, -0.2) is 48.2 Å². The van der Waals surface area contributed by atoms with Crippen molar-refractivity contribution in [2.75, 3.05) is 18.9 Å². The molecule has 0 saturated carbocycles. The molecule has 2 atom stereocenters. The van der Waals surface area contributed by atoms with Crippen LogP contribution in [0.15, 0.2) is 18.2 Å². The zero-order valence-corrected chi connectivity index (χ0v) is 18.5. The first-order valence-electron chi connectivity index (χ1n) is 10.0. The van der Waals surface area contributed by atoms with E-state index in [9.17, 15) is 14.4 Å². The summed E-state index contributed by atoms with van der Waals surface area (Å²) in [6.07, 6.45) is 5.15. The Morgan fingerprint density at radius 1 is 1.14 bits per heavy atom. The third-order valence-corrected chi connectivity index (χ3v) is 5.54. The number of Topliss-reactive ketones (excluding diaryl/α,β-unsaturated/α-hetero) is 1. The molecule has 1 aliphatic heterocycles. The molecule has 2 rings (SSSR count). The van der Waals surface area contributed by atoms with Crippen LogP contribution in [-0.2, 0) is 14.4 Å². The zero-order valence-electron chi connectivity index (χ0n) is 17.0. The number of amides is 2. The van der Waals surface area contributed by atoms with Gasteiger partial charge in [-0.25, -0.2) is 0 Å². The van der Waals surface area contributed by atoms with Gasteiger partial charge in [-0.05, 0) is 64.4 Å². The molecule has 1 aliphatic rings. The summed E-state index contributed by atoms with van der Waals surface area (Å²) in [4.78, 5) is 38.6. The van der Waals surface area contributed by atoms with Crippen LogP contribution in [0.5, 0.6) is 0 Å². The highest BCUT2D eigenvalue weighted by atomic mass is 35.5. The smallest absolute Gasteiger partial charge is 0.246 e. The van der Waals surface area contributed by atoms with Crippen molar-refractivity contribution in [3.05, 3.63) is 28.2 Å². The minimum atomic E-state index is -0.661. The lowest BCUT2D eigenvalue weighted by Crippen LogP contribution is -2.50. The quantitative estimate of drug-likeness (QED) is 0.536. The van der Waals surface area contributed by atoms with E-state index in [1.807, 2.05) is 11.9 Å². The standard InChI is InChI=1S/C21H29Cl2N3O3/c1-14(27)7-4-3-5-8-18(25-21(29)19-9-6-10-26(19)2)20(28)24-17-12-15(22)11-16(23)13-17/h11-13,18-19H,3-10H2,1-2H3,(H,24,28)(H,25,29)/t18-,19-/m0/s1. The summed E-state index contributed by atoms with van der Waals surface area (Å²) in [5, 5.41) is 6.56. The second kappa shape index (κ2) is 11.5. The van der Waals surface area contributed by atoms with Gasteiger partial charge in [0.25, 0.3) is 0 Å². The number of unbranched alkanes of at least 4 members (excludes halogenated alkanes) is 2. The molecule has 160 valence electrons. The van der Waals surface area contributed by atoms with Gasteiger partial charge in [0.2, 0.25) is 11.8 Å². The van der Waals surface area contributed by atoms with Crippen molar-refractivity contribution < 1.29 is 14.4 Å². The average Bonchev–Trinajstić information content (AvgIpc) is 3.05. The van der Waals surface area contributed by atoms with Gasteiger partial charge < -0.3 is 15.4 Å². The molecule has 2 N–H and O–H groups in total. The van der Waals surface area contributed by atoms with Gasteiger partial charge in [-0.2, -0.15) is 0 Å². The molecule has 0 aromatic heterocycles. The van der Waals surface area contributed by atoms with Crippen molar-refractivity contribution in [3.63, 3.8) is 0 Å². The highest BCUT2D eigenvalue weighted by molar-refractivity contribution is 6.35. The van der Waals surface area contributed by atoms with E-state index in [-0.39, 0.29) is 23.6 Å². The van der Waals surface area contributed by atoms with Crippen LogP contribution in [0.1, 0.15) is 51.9 Å². The Labute approximate surface area is 182 Å². The van der Waals surface area contributed by atoms with Gasteiger partial charge in [-0.3, -0.25) is 14.5 Å². The van der Waals surface area contributed by atoms with Crippen LogP contribution in [0, 0.1) is 0 Å². The predicted octanol–water partition coefficient (Wildman–Crippen LogP) is 4.05. The van der Waals surface area contributed by atoms with Crippen molar-refractivity contribution in [2.45, 2.75) is 64.0 Å². The van der Waals surface area contributed by atoms with E-state index in [4.69, 9.17) is 23.2 Å². The molecular weight excluding hydrogens is 413 g/mol. The molecule has 1 heterocycles. The molecule has 0 aliphatic carbocycles. The van der Waals surface area contributed by atoms with Gasteiger partial charge in [0.15, 0.2) is 0 Å². The first-order chi connectivity index (χ1) is 13.8. The van der Waals surface area contributed by atoms with Gasteiger partial charge in [0.1, 0.15) is 11.8 Å². The Kier molecular flexibility index (Phi) is 9.40. The van der Waals surface area contributed by atoms with E-state index >= 15 is 0 Å². The molecule has 8 heteroatoms. The van der Waals surface area contributed by atoms with E-state index in [0.717, 1.165) is 38.6 Å². The highest BCUT2D eigenvalue weighted by Crippen LogP contribution is 2.23. The van der Waals surface area contributed by atoms with Crippen molar-refractivity contribution in [2.24, 2.45) is 0 Å². The van der Waals surface area contributed by atoms with Crippen LogP contribution in [0.4, 0.5) is 5.69 Å². The third-order valence-electron chi connectivity index (χ3n) is 5.11. The molecule has 0 spiro atoms. The van der Waals surface area contributed by atoms with Crippen LogP contribution in [0.3, 0.4) is 0 Å². The monoisotopic (exact) mass is 441 g/mol. The number of hydrogen-bond acceptors (Lipinski definition) is 4. The minimum absolute atomic E-state index is 0.127. The number of hydrogen-bond donors (Lipinski definition) is 2. The Balaban J connectivity index is 2.00. The number of halogens is 2. The van der Waals surface area contributed by atoms with E-state index in [2.05, 4.69) is 10.6 Å². The molecule has 1 aromatic rings. The normalized spacial score (nSPS) is 17.7. The minimum Gasteiger partial charge on any atom is -0.343 e. The summed E-state index contributed by atoms with van der Waals surface area (Å²) in [5.74, 6) is -0.267. The number of anilines is 1. The molecular formula is C21H29Cl2N3O3. The molecule has 2 amide bonds. The summed E-state index contributed by atoms with van der Waals surface area (Å²) < 4.78 is 0. The van der Waals surface area contributed by atoms with Gasteiger partial charge in [-0.15, -0.1) is 0 Å². The summed E-state index contributed by atoms with van der Waals surface area (Å²) >= 11 is 12.0. The molecule has 0 unspecified atom stereocenters. The fourth-order valence-electron chi connectivity index (χ4n) is 3.53. The largest absolute Gasteiger partial charge is 0.343 e. The molecule has 0 radical (unpaired) electrons. The first kappa shape index (κ1) is 23.6. The Morgan fingerprint density at radius 3 is 2.41 bits per heavy atom. The van der Waals surface area contributed by atoms with Gasteiger partial charge in [0.05, 0.1) is 6.04 Å². The fraction of sp³-hybridized carbons (Fsp3) is 0.571. The second-order valence-corrected chi connectivity index (χ2v) is 8.52. The lowest BCUT2D eigenvalue weighted by atomic mass is 10.0. The molecule has 29 heavy (non-hydrogen) atoms. The maximum Gasteiger partial charge on any atom is 0.246 e. The van der Waals surface area contributed by atoms with Gasteiger partial charge >= 0.3 is 0 Å². The number of likely N-dealkylation sites (N-methyl/N-ethyl adjacent to an activating group) is 1. The highest BCUT2D eigenvalue weighted by Gasteiger charge is 2.30. The Morgan fingerprint density at radius 2 is 1.83 bits per heavy atom. The molecule has 6 nitrogen and oxygen atoms in total. The maximum atomic E-state index is 12.9. The van der Waals surface area contributed by atoms with Crippen LogP contribution in [0.25, 0.3) is 0 Å². The van der Waals surface area contributed by atoms with E-state index < -0.39 is 6.04 Å². The van der Waals surface area contributed by atoms with Gasteiger partial charge in [0, 0.05) is 22.2 Å².